The molecule has 0 spiro atoms. The zero-order valence-corrected chi connectivity index (χ0v) is 8.90. The largest absolute Gasteiger partial charge is 0.265 e. The third-order valence-electron chi connectivity index (χ3n) is 2.59. The summed E-state index contributed by atoms with van der Waals surface area (Å²) in [6, 6.07) is 0. The van der Waals surface area contributed by atoms with Gasteiger partial charge in [0.05, 0.1) is 0 Å². The first-order valence-electron chi connectivity index (χ1n) is 4.89. The quantitative estimate of drug-likeness (QED) is 0.599. The van der Waals surface area contributed by atoms with E-state index in [2.05, 4.69) is 44.1 Å². The predicted molar refractivity (Wildman–Crippen MR) is 63.4 cm³/mol. The number of nitrogens with zero attached hydrogens (tertiary/aromatic N) is 1. The maximum absolute atomic E-state index is 4.04. The van der Waals surface area contributed by atoms with E-state index in [0.717, 1.165) is 5.57 Å². The van der Waals surface area contributed by atoms with Gasteiger partial charge in [0.2, 0.25) is 0 Å². The normalized spacial score (nSPS) is 27.0. The summed E-state index contributed by atoms with van der Waals surface area (Å²) in [6.07, 6.45) is 9.73. The molecule has 2 atom stereocenters. The van der Waals surface area contributed by atoms with E-state index in [9.17, 15) is 0 Å². The molecule has 0 heterocycles. The molecule has 1 aliphatic rings. The Balaban J connectivity index is 2.96. The molecule has 0 aliphatic heterocycles. The summed E-state index contributed by atoms with van der Waals surface area (Å²) in [7, 11) is 0. The average molecular weight is 187 g/mol. The Labute approximate surface area is 86.2 Å². The molecule has 1 nitrogen and oxygen atoms in total. The smallest absolute Gasteiger partial charge is 0.0342 e. The molecule has 0 amide bonds. The Morgan fingerprint density at radius 2 is 1.71 bits per heavy atom. The number of hydrogen-bond acceptors (Lipinski definition) is 1. The van der Waals surface area contributed by atoms with E-state index in [1.807, 2.05) is 12.3 Å². The molecule has 0 fully saturated rings. The minimum absolute atomic E-state index is 0.560. The van der Waals surface area contributed by atoms with Crippen LogP contribution in [0.15, 0.2) is 53.7 Å². The van der Waals surface area contributed by atoms with Crippen molar-refractivity contribution >= 4 is 6.21 Å². The highest BCUT2D eigenvalue weighted by Crippen LogP contribution is 2.26. The number of rotatable bonds is 3. The van der Waals surface area contributed by atoms with Crippen molar-refractivity contribution in [2.24, 2.45) is 16.8 Å². The fourth-order valence-corrected chi connectivity index (χ4v) is 1.50. The first-order chi connectivity index (χ1) is 6.69. The molecule has 0 aromatic heterocycles. The molecule has 14 heavy (non-hydrogen) atoms. The second-order valence-corrected chi connectivity index (χ2v) is 3.63. The van der Waals surface area contributed by atoms with Gasteiger partial charge in [0.1, 0.15) is 0 Å². The Kier molecular flexibility index (Phi) is 3.63. The van der Waals surface area contributed by atoms with Crippen LogP contribution in [0.5, 0.6) is 0 Å². The molecule has 0 aromatic rings. The summed E-state index contributed by atoms with van der Waals surface area (Å²) in [5, 5.41) is 0. The Morgan fingerprint density at radius 1 is 1.14 bits per heavy atom. The van der Waals surface area contributed by atoms with Crippen LogP contribution in [0.3, 0.4) is 0 Å². The fourth-order valence-electron chi connectivity index (χ4n) is 1.50. The highest BCUT2D eigenvalue weighted by atomic mass is 14.7. The van der Waals surface area contributed by atoms with Gasteiger partial charge in [-0.2, -0.15) is 0 Å². The standard InChI is InChI=1S/C13H17N/c1-5-12-7-10(3)11(4)8-13(12)9-14-6-2/h5-11H,1-2H2,3-4H3/t10-,11?/m0/s1. The number of allylic oxidation sites excluding steroid dienone is 5. The second-order valence-electron chi connectivity index (χ2n) is 3.63. The summed E-state index contributed by atoms with van der Waals surface area (Å²) in [5.74, 6) is 1.13. The van der Waals surface area contributed by atoms with Gasteiger partial charge in [-0.25, -0.2) is 0 Å². The summed E-state index contributed by atoms with van der Waals surface area (Å²) < 4.78 is 0. The summed E-state index contributed by atoms with van der Waals surface area (Å²) in [4.78, 5) is 4.04. The Bertz CT molecular complexity index is 318. The molecule has 0 saturated heterocycles. The highest BCUT2D eigenvalue weighted by molar-refractivity contribution is 5.86. The third kappa shape index (κ3) is 2.32. The zero-order valence-electron chi connectivity index (χ0n) is 8.90. The fraction of sp³-hybridized carbons (Fsp3) is 0.308. The van der Waals surface area contributed by atoms with Crippen molar-refractivity contribution in [1.82, 2.24) is 0 Å². The van der Waals surface area contributed by atoms with Crippen molar-refractivity contribution in [2.45, 2.75) is 13.8 Å². The number of aliphatic imine (C=N–C) groups is 1. The molecule has 0 bridgehead atoms. The first-order valence-corrected chi connectivity index (χ1v) is 4.89. The van der Waals surface area contributed by atoms with Crippen molar-refractivity contribution in [3.8, 4) is 0 Å². The van der Waals surface area contributed by atoms with Crippen LogP contribution < -0.4 is 0 Å². The van der Waals surface area contributed by atoms with Crippen LogP contribution in [-0.4, -0.2) is 6.21 Å². The van der Waals surface area contributed by atoms with Crippen LogP contribution in [0.25, 0.3) is 0 Å². The first kappa shape index (κ1) is 10.7. The average Bonchev–Trinajstić information content (AvgIpc) is 2.19. The Hall–Kier alpha value is -1.37. The highest BCUT2D eigenvalue weighted by Gasteiger charge is 2.15. The van der Waals surface area contributed by atoms with Crippen LogP contribution in [-0.2, 0) is 0 Å². The molecular weight excluding hydrogens is 170 g/mol. The summed E-state index contributed by atoms with van der Waals surface area (Å²) in [5.41, 5.74) is 2.31. The minimum atomic E-state index is 0.560. The van der Waals surface area contributed by atoms with E-state index in [1.165, 1.54) is 5.57 Å². The molecule has 1 unspecified atom stereocenters. The van der Waals surface area contributed by atoms with Gasteiger partial charge < -0.3 is 0 Å². The van der Waals surface area contributed by atoms with E-state index >= 15 is 0 Å². The van der Waals surface area contributed by atoms with Gasteiger partial charge in [0, 0.05) is 12.4 Å². The van der Waals surface area contributed by atoms with Crippen molar-refractivity contribution in [2.75, 3.05) is 0 Å². The molecule has 1 aliphatic carbocycles. The lowest BCUT2D eigenvalue weighted by Gasteiger charge is -2.21. The topological polar surface area (TPSA) is 12.4 Å². The lowest BCUT2D eigenvalue weighted by Crippen LogP contribution is -2.10. The molecule has 0 aromatic carbocycles. The maximum atomic E-state index is 4.04. The van der Waals surface area contributed by atoms with Crippen LogP contribution in [0, 0.1) is 11.8 Å². The molecule has 0 radical (unpaired) electrons. The van der Waals surface area contributed by atoms with Crippen molar-refractivity contribution in [3.63, 3.8) is 0 Å². The maximum Gasteiger partial charge on any atom is 0.0342 e. The molecule has 1 rings (SSSR count). The van der Waals surface area contributed by atoms with Gasteiger partial charge in [-0.3, -0.25) is 4.99 Å². The lowest BCUT2D eigenvalue weighted by atomic mass is 9.84. The van der Waals surface area contributed by atoms with Crippen LogP contribution >= 0.6 is 0 Å². The lowest BCUT2D eigenvalue weighted by molar-refractivity contribution is 0.548. The van der Waals surface area contributed by atoms with Crippen molar-refractivity contribution in [1.29, 1.82) is 0 Å². The molecule has 74 valence electrons. The SMILES string of the molecule is C=CN=CC1=CC(C)[C@@H](C)C=C1C=C. The van der Waals surface area contributed by atoms with E-state index in [0.29, 0.717) is 11.8 Å². The van der Waals surface area contributed by atoms with Crippen LogP contribution in [0.2, 0.25) is 0 Å². The van der Waals surface area contributed by atoms with E-state index in [4.69, 9.17) is 0 Å². The molecule has 1 heteroatoms. The summed E-state index contributed by atoms with van der Waals surface area (Å²) >= 11 is 0. The van der Waals surface area contributed by atoms with E-state index in [-0.39, 0.29) is 0 Å². The molecule has 0 saturated carbocycles. The van der Waals surface area contributed by atoms with E-state index in [1.54, 1.807) is 6.20 Å². The van der Waals surface area contributed by atoms with Gasteiger partial charge in [-0.05, 0) is 23.0 Å². The molecular formula is C13H17N. The molecule has 0 N–H and O–H groups in total. The zero-order chi connectivity index (χ0) is 10.6. The summed E-state index contributed by atoms with van der Waals surface area (Å²) in [6.45, 7) is 11.8. The van der Waals surface area contributed by atoms with Crippen LogP contribution in [0.4, 0.5) is 0 Å². The second kappa shape index (κ2) is 4.75. The monoisotopic (exact) mass is 187 g/mol. The van der Waals surface area contributed by atoms with Crippen molar-refractivity contribution in [3.05, 3.63) is 48.7 Å². The van der Waals surface area contributed by atoms with Gasteiger partial charge in [-0.15, -0.1) is 0 Å². The van der Waals surface area contributed by atoms with Crippen LogP contribution in [0.1, 0.15) is 13.8 Å². The van der Waals surface area contributed by atoms with Crippen molar-refractivity contribution < 1.29 is 0 Å². The Morgan fingerprint density at radius 3 is 2.21 bits per heavy atom. The van der Waals surface area contributed by atoms with Gasteiger partial charge in [0.25, 0.3) is 0 Å². The van der Waals surface area contributed by atoms with E-state index < -0.39 is 0 Å². The predicted octanol–water partition coefficient (Wildman–Crippen LogP) is 3.53. The van der Waals surface area contributed by atoms with Gasteiger partial charge in [0.15, 0.2) is 0 Å². The number of hydrogen-bond donors (Lipinski definition) is 0. The van der Waals surface area contributed by atoms with Gasteiger partial charge >= 0.3 is 0 Å². The minimum Gasteiger partial charge on any atom is -0.265 e. The third-order valence-corrected chi connectivity index (χ3v) is 2.59. The van der Waals surface area contributed by atoms with Gasteiger partial charge in [-0.1, -0.05) is 45.2 Å².